The van der Waals surface area contributed by atoms with Gasteiger partial charge in [0.05, 0.1) is 6.61 Å². The SMILES string of the molecule is CC/C=C(/C)C(=O)Nc1ccc(N(C)CCO)cc1. The molecule has 19 heavy (non-hydrogen) atoms. The monoisotopic (exact) mass is 262 g/mol. The van der Waals surface area contributed by atoms with E-state index in [1.807, 2.05) is 56.1 Å². The number of anilines is 2. The Hall–Kier alpha value is -1.81. The van der Waals surface area contributed by atoms with Crippen LogP contribution < -0.4 is 10.2 Å². The maximum atomic E-state index is 11.8. The Kier molecular flexibility index (Phi) is 6.09. The quantitative estimate of drug-likeness (QED) is 0.774. The Morgan fingerprint density at radius 2 is 2.00 bits per heavy atom. The number of hydrogen-bond donors (Lipinski definition) is 2. The number of allylic oxidation sites excluding steroid dienone is 1. The highest BCUT2D eigenvalue weighted by molar-refractivity contribution is 6.03. The molecule has 0 heterocycles. The van der Waals surface area contributed by atoms with Crippen molar-refractivity contribution < 1.29 is 9.90 Å². The molecule has 0 aliphatic rings. The maximum Gasteiger partial charge on any atom is 0.250 e. The number of carbonyl (C=O) groups is 1. The summed E-state index contributed by atoms with van der Waals surface area (Å²) in [5.41, 5.74) is 2.51. The summed E-state index contributed by atoms with van der Waals surface area (Å²) in [6, 6.07) is 7.56. The minimum Gasteiger partial charge on any atom is -0.395 e. The van der Waals surface area contributed by atoms with E-state index in [0.29, 0.717) is 6.54 Å². The van der Waals surface area contributed by atoms with E-state index in [1.54, 1.807) is 0 Å². The van der Waals surface area contributed by atoms with Crippen molar-refractivity contribution in [2.75, 3.05) is 30.4 Å². The van der Waals surface area contributed by atoms with Crippen molar-refractivity contribution >= 4 is 17.3 Å². The summed E-state index contributed by atoms with van der Waals surface area (Å²) in [6.07, 6.45) is 2.75. The van der Waals surface area contributed by atoms with Crippen molar-refractivity contribution in [2.45, 2.75) is 20.3 Å². The fourth-order valence-electron chi connectivity index (χ4n) is 1.71. The third-order valence-electron chi connectivity index (χ3n) is 2.87. The van der Waals surface area contributed by atoms with E-state index in [-0.39, 0.29) is 12.5 Å². The number of aliphatic hydroxyl groups excluding tert-OH is 1. The summed E-state index contributed by atoms with van der Waals surface area (Å²) >= 11 is 0. The Labute approximate surface area is 114 Å². The number of carbonyl (C=O) groups excluding carboxylic acids is 1. The largest absolute Gasteiger partial charge is 0.395 e. The van der Waals surface area contributed by atoms with Crippen LogP contribution in [0.5, 0.6) is 0 Å². The fourth-order valence-corrected chi connectivity index (χ4v) is 1.71. The molecule has 1 rings (SSSR count). The standard InChI is InChI=1S/C15H22N2O2/c1-4-5-12(2)15(19)16-13-6-8-14(9-7-13)17(3)10-11-18/h5-9,18H,4,10-11H2,1-3H3,(H,16,19)/b12-5-. The molecule has 0 aromatic heterocycles. The fraction of sp³-hybridized carbons (Fsp3) is 0.400. The zero-order valence-corrected chi connectivity index (χ0v) is 11.8. The van der Waals surface area contributed by atoms with E-state index in [0.717, 1.165) is 23.4 Å². The zero-order valence-electron chi connectivity index (χ0n) is 11.8. The number of benzene rings is 1. The Bertz CT molecular complexity index is 438. The van der Waals surface area contributed by atoms with Crippen molar-refractivity contribution in [1.29, 1.82) is 0 Å². The first kappa shape index (κ1) is 15.2. The highest BCUT2D eigenvalue weighted by Crippen LogP contribution is 2.17. The van der Waals surface area contributed by atoms with Crippen LogP contribution in [0.25, 0.3) is 0 Å². The molecule has 2 N–H and O–H groups in total. The molecule has 0 saturated carbocycles. The molecular weight excluding hydrogens is 240 g/mol. The van der Waals surface area contributed by atoms with Crippen LogP contribution in [0.1, 0.15) is 20.3 Å². The summed E-state index contributed by atoms with van der Waals surface area (Å²) in [6.45, 7) is 4.52. The van der Waals surface area contributed by atoms with Crippen molar-refractivity contribution in [2.24, 2.45) is 0 Å². The van der Waals surface area contributed by atoms with Crippen LogP contribution in [0.15, 0.2) is 35.9 Å². The summed E-state index contributed by atoms with van der Waals surface area (Å²) < 4.78 is 0. The molecule has 0 saturated heterocycles. The number of nitrogens with zero attached hydrogens (tertiary/aromatic N) is 1. The molecule has 4 nitrogen and oxygen atoms in total. The Morgan fingerprint density at radius 3 is 2.53 bits per heavy atom. The summed E-state index contributed by atoms with van der Waals surface area (Å²) in [5.74, 6) is -0.0710. The highest BCUT2D eigenvalue weighted by Gasteiger charge is 2.05. The van der Waals surface area contributed by atoms with Crippen LogP contribution in [0.2, 0.25) is 0 Å². The van der Waals surface area contributed by atoms with Gasteiger partial charge in [-0.3, -0.25) is 4.79 Å². The lowest BCUT2D eigenvalue weighted by Gasteiger charge is -2.18. The van der Waals surface area contributed by atoms with Crippen molar-refractivity contribution in [1.82, 2.24) is 0 Å². The molecule has 0 fully saturated rings. The average Bonchev–Trinajstić information content (AvgIpc) is 2.40. The average molecular weight is 262 g/mol. The van der Waals surface area contributed by atoms with Gasteiger partial charge in [-0.15, -0.1) is 0 Å². The van der Waals surface area contributed by atoms with Gasteiger partial charge in [-0.25, -0.2) is 0 Å². The molecule has 0 unspecified atom stereocenters. The van der Waals surface area contributed by atoms with Crippen molar-refractivity contribution in [3.8, 4) is 0 Å². The summed E-state index contributed by atoms with van der Waals surface area (Å²) in [4.78, 5) is 13.8. The third kappa shape index (κ3) is 4.75. The van der Waals surface area contributed by atoms with Crippen molar-refractivity contribution in [3.63, 3.8) is 0 Å². The van der Waals surface area contributed by atoms with E-state index >= 15 is 0 Å². The lowest BCUT2D eigenvalue weighted by Crippen LogP contribution is -2.21. The van der Waals surface area contributed by atoms with Gasteiger partial charge in [0.25, 0.3) is 5.91 Å². The van der Waals surface area contributed by atoms with E-state index < -0.39 is 0 Å². The van der Waals surface area contributed by atoms with Gasteiger partial charge in [0.1, 0.15) is 0 Å². The lowest BCUT2D eigenvalue weighted by atomic mass is 10.2. The zero-order chi connectivity index (χ0) is 14.3. The van der Waals surface area contributed by atoms with E-state index in [9.17, 15) is 4.79 Å². The van der Waals surface area contributed by atoms with Crippen LogP contribution in [0.4, 0.5) is 11.4 Å². The number of aliphatic hydroxyl groups is 1. The Balaban J connectivity index is 2.67. The molecule has 1 aromatic carbocycles. The molecular formula is C15H22N2O2. The number of likely N-dealkylation sites (N-methyl/N-ethyl adjacent to an activating group) is 1. The molecule has 0 atom stereocenters. The van der Waals surface area contributed by atoms with Crippen LogP contribution in [0, 0.1) is 0 Å². The summed E-state index contributed by atoms with van der Waals surface area (Å²) in [5, 5.41) is 11.7. The van der Waals surface area contributed by atoms with E-state index in [2.05, 4.69) is 5.32 Å². The van der Waals surface area contributed by atoms with Gasteiger partial charge in [0.2, 0.25) is 0 Å². The third-order valence-corrected chi connectivity index (χ3v) is 2.87. The topological polar surface area (TPSA) is 52.6 Å². The van der Waals surface area contributed by atoms with E-state index in [1.165, 1.54) is 0 Å². The highest BCUT2D eigenvalue weighted by atomic mass is 16.3. The number of hydrogen-bond acceptors (Lipinski definition) is 3. The minimum absolute atomic E-state index is 0.0710. The molecule has 1 amide bonds. The smallest absolute Gasteiger partial charge is 0.250 e. The molecule has 1 aromatic rings. The van der Waals surface area contributed by atoms with Crippen LogP contribution in [-0.4, -0.2) is 31.2 Å². The van der Waals surface area contributed by atoms with Crippen LogP contribution in [0.3, 0.4) is 0 Å². The molecule has 104 valence electrons. The van der Waals surface area contributed by atoms with Gasteiger partial charge < -0.3 is 15.3 Å². The van der Waals surface area contributed by atoms with E-state index in [4.69, 9.17) is 5.11 Å². The van der Waals surface area contributed by atoms with Gasteiger partial charge in [-0.05, 0) is 37.6 Å². The molecule has 0 aliphatic carbocycles. The van der Waals surface area contributed by atoms with Crippen molar-refractivity contribution in [3.05, 3.63) is 35.9 Å². The van der Waals surface area contributed by atoms with Gasteiger partial charge in [0.15, 0.2) is 0 Å². The van der Waals surface area contributed by atoms with Crippen LogP contribution in [-0.2, 0) is 4.79 Å². The van der Waals surface area contributed by atoms with Gasteiger partial charge >= 0.3 is 0 Å². The molecule has 0 bridgehead atoms. The first-order valence-corrected chi connectivity index (χ1v) is 6.48. The second kappa shape index (κ2) is 7.59. The molecule has 0 spiro atoms. The molecule has 0 radical (unpaired) electrons. The molecule has 4 heteroatoms. The minimum atomic E-state index is -0.0710. The first-order chi connectivity index (χ1) is 9.08. The summed E-state index contributed by atoms with van der Waals surface area (Å²) in [7, 11) is 1.91. The number of nitrogens with one attached hydrogen (secondary N) is 1. The second-order valence-corrected chi connectivity index (χ2v) is 4.44. The predicted molar refractivity (Wildman–Crippen MR) is 79.5 cm³/mol. The Morgan fingerprint density at radius 1 is 1.37 bits per heavy atom. The first-order valence-electron chi connectivity index (χ1n) is 6.48. The van der Waals surface area contributed by atoms with Crippen LogP contribution >= 0.6 is 0 Å². The molecule has 0 aliphatic heterocycles. The normalized spacial score (nSPS) is 11.3. The maximum absolute atomic E-state index is 11.8. The van der Waals surface area contributed by atoms with Gasteiger partial charge in [0, 0.05) is 30.5 Å². The van der Waals surface area contributed by atoms with Gasteiger partial charge in [-0.1, -0.05) is 13.0 Å². The number of amides is 1. The lowest BCUT2D eigenvalue weighted by molar-refractivity contribution is -0.112. The second-order valence-electron chi connectivity index (χ2n) is 4.44. The van der Waals surface area contributed by atoms with Gasteiger partial charge in [-0.2, -0.15) is 0 Å². The predicted octanol–water partition coefficient (Wildman–Crippen LogP) is 2.41. The number of rotatable bonds is 6.